The lowest BCUT2D eigenvalue weighted by molar-refractivity contribution is 1.41. The second-order valence-corrected chi connectivity index (χ2v) is 3.31. The highest BCUT2D eigenvalue weighted by Gasteiger charge is 2.02. The van der Waals surface area contributed by atoms with Crippen molar-refractivity contribution < 1.29 is 2.74 Å². The van der Waals surface area contributed by atoms with Crippen LogP contribution >= 0.6 is 0 Å². The second kappa shape index (κ2) is 3.67. The molecular weight excluding hydrogens is 168 g/mol. The lowest BCUT2D eigenvalue weighted by atomic mass is 9.97. The summed E-state index contributed by atoms with van der Waals surface area (Å²) in [5.41, 5.74) is 4.20. The minimum Gasteiger partial charge on any atom is -0.0620 e. The summed E-state index contributed by atoms with van der Waals surface area (Å²) in [5.74, 6) is 0. The summed E-state index contributed by atoms with van der Waals surface area (Å²) in [7, 11) is 0. The van der Waals surface area contributed by atoms with Crippen molar-refractivity contribution in [3.63, 3.8) is 0 Å². The molecule has 0 aliphatic rings. The Balaban J connectivity index is 2.58. The van der Waals surface area contributed by atoms with Crippen LogP contribution in [0, 0.1) is 13.8 Å². The molecular formula is C14H14. The van der Waals surface area contributed by atoms with Crippen molar-refractivity contribution in [3.8, 4) is 11.1 Å². The van der Waals surface area contributed by atoms with Crippen molar-refractivity contribution in [2.24, 2.45) is 0 Å². The standard InChI is InChI=1S/C14H14/c1-11-7-3-5-9-13(11)14-10-6-4-8-12(14)2/h3-10H,1-2H3/i1D,2D. The third-order valence-electron chi connectivity index (χ3n) is 2.32. The molecule has 14 heavy (non-hydrogen) atoms. The fourth-order valence-electron chi connectivity index (χ4n) is 1.57. The first kappa shape index (κ1) is 6.83. The molecule has 0 fully saturated rings. The van der Waals surface area contributed by atoms with Gasteiger partial charge in [-0.15, -0.1) is 0 Å². The number of aryl methyl sites for hydroxylation is 2. The molecule has 0 heterocycles. The van der Waals surface area contributed by atoms with E-state index < -0.39 is 0 Å². The Morgan fingerprint density at radius 3 is 1.57 bits per heavy atom. The molecule has 70 valence electrons. The van der Waals surface area contributed by atoms with E-state index in [1.165, 1.54) is 0 Å². The molecule has 0 N–H and O–H groups in total. The molecule has 0 aliphatic carbocycles. The average molecular weight is 184 g/mol. The maximum atomic E-state index is 7.51. The lowest BCUT2D eigenvalue weighted by Gasteiger charge is -2.08. The van der Waals surface area contributed by atoms with Gasteiger partial charge in [0.2, 0.25) is 0 Å². The molecule has 0 aliphatic heterocycles. The van der Waals surface area contributed by atoms with E-state index in [1.807, 2.05) is 48.5 Å². The molecule has 2 aromatic rings. The first-order valence-electron chi connectivity index (χ1n) is 6.03. The predicted octanol–water partition coefficient (Wildman–Crippen LogP) is 3.97. The number of hydrogen-bond donors (Lipinski definition) is 0. The van der Waals surface area contributed by atoms with Gasteiger partial charge in [0, 0.05) is 2.74 Å². The van der Waals surface area contributed by atoms with Crippen LogP contribution in [0.3, 0.4) is 0 Å². The van der Waals surface area contributed by atoms with Crippen LogP contribution in [-0.4, -0.2) is 0 Å². The van der Waals surface area contributed by atoms with Crippen LogP contribution < -0.4 is 0 Å². The van der Waals surface area contributed by atoms with E-state index in [0.717, 1.165) is 22.3 Å². The summed E-state index contributed by atoms with van der Waals surface area (Å²) in [4.78, 5) is 0. The van der Waals surface area contributed by atoms with Gasteiger partial charge in [-0.05, 0) is 36.1 Å². The van der Waals surface area contributed by atoms with Gasteiger partial charge in [0.05, 0.1) is 0 Å². The van der Waals surface area contributed by atoms with E-state index in [4.69, 9.17) is 2.74 Å². The highest BCUT2D eigenvalue weighted by atomic mass is 14.1. The Morgan fingerprint density at radius 2 is 1.14 bits per heavy atom. The zero-order valence-electron chi connectivity index (χ0n) is 10.0. The normalized spacial score (nSPS) is 12.0. The fraction of sp³-hybridized carbons (Fsp3) is 0.143. The topological polar surface area (TPSA) is 0 Å². The first-order valence-corrected chi connectivity index (χ1v) is 4.61. The van der Waals surface area contributed by atoms with Crippen LogP contribution in [0.2, 0.25) is 0 Å². The SMILES string of the molecule is [2H]Cc1ccccc1-c1ccccc1C[2H]. The van der Waals surface area contributed by atoms with Gasteiger partial charge in [0.25, 0.3) is 0 Å². The average Bonchev–Trinajstić information content (AvgIpc) is 2.38. The summed E-state index contributed by atoms with van der Waals surface area (Å²) >= 11 is 0. The zero-order chi connectivity index (χ0) is 11.4. The van der Waals surface area contributed by atoms with E-state index in [9.17, 15) is 0 Å². The predicted molar refractivity (Wildman–Crippen MR) is 61.4 cm³/mol. The molecule has 0 radical (unpaired) electrons. The molecule has 2 rings (SSSR count). The molecule has 0 saturated heterocycles. The van der Waals surface area contributed by atoms with Crippen molar-refractivity contribution >= 4 is 0 Å². The van der Waals surface area contributed by atoms with Crippen LogP contribution in [0.1, 0.15) is 13.9 Å². The van der Waals surface area contributed by atoms with Crippen LogP contribution in [0.5, 0.6) is 0 Å². The third-order valence-corrected chi connectivity index (χ3v) is 2.32. The maximum absolute atomic E-state index is 7.51. The second-order valence-electron chi connectivity index (χ2n) is 3.31. The Bertz CT molecular complexity index is 432. The van der Waals surface area contributed by atoms with Gasteiger partial charge in [0.15, 0.2) is 0 Å². The van der Waals surface area contributed by atoms with Gasteiger partial charge in [-0.3, -0.25) is 0 Å². The van der Waals surface area contributed by atoms with Crippen molar-refractivity contribution in [2.45, 2.75) is 13.8 Å². The molecule has 0 atom stereocenters. The van der Waals surface area contributed by atoms with Crippen molar-refractivity contribution in [1.29, 1.82) is 0 Å². The van der Waals surface area contributed by atoms with Crippen LogP contribution in [0.15, 0.2) is 48.5 Å². The third kappa shape index (κ3) is 1.56. The summed E-state index contributed by atoms with van der Waals surface area (Å²) in [6.07, 6.45) is 0. The summed E-state index contributed by atoms with van der Waals surface area (Å²) in [6.45, 7) is 0.561. The minimum absolute atomic E-state index is 0.280. The fourth-order valence-corrected chi connectivity index (χ4v) is 1.57. The first-order chi connectivity index (χ1) is 7.86. The smallest absolute Gasteiger partial charge is 0.0280 e. The Morgan fingerprint density at radius 1 is 0.714 bits per heavy atom. The molecule has 2 aromatic carbocycles. The van der Waals surface area contributed by atoms with Crippen LogP contribution in [-0.2, 0) is 0 Å². The number of hydrogen-bond acceptors (Lipinski definition) is 0. The molecule has 0 amide bonds. The van der Waals surface area contributed by atoms with Gasteiger partial charge < -0.3 is 0 Å². The Hall–Kier alpha value is -1.56. The van der Waals surface area contributed by atoms with E-state index in [-0.39, 0.29) is 13.8 Å². The summed E-state index contributed by atoms with van der Waals surface area (Å²) < 4.78 is 15.0. The largest absolute Gasteiger partial charge is 0.0620 e. The zero-order valence-corrected chi connectivity index (χ0v) is 8.03. The van der Waals surface area contributed by atoms with E-state index in [2.05, 4.69) is 0 Å². The molecule has 0 heteroatoms. The van der Waals surface area contributed by atoms with Gasteiger partial charge in [-0.1, -0.05) is 48.5 Å². The summed E-state index contributed by atoms with van der Waals surface area (Å²) in [5, 5.41) is 0. The maximum Gasteiger partial charge on any atom is 0.0280 e. The Kier molecular flexibility index (Phi) is 1.79. The minimum atomic E-state index is 0.280. The number of rotatable bonds is 1. The van der Waals surface area contributed by atoms with E-state index in [1.54, 1.807) is 0 Å². The quantitative estimate of drug-likeness (QED) is 0.629. The van der Waals surface area contributed by atoms with Gasteiger partial charge in [0.1, 0.15) is 0 Å². The number of benzene rings is 2. The van der Waals surface area contributed by atoms with Gasteiger partial charge >= 0.3 is 0 Å². The highest BCUT2D eigenvalue weighted by molar-refractivity contribution is 5.70. The lowest BCUT2D eigenvalue weighted by Crippen LogP contribution is -1.85. The van der Waals surface area contributed by atoms with E-state index >= 15 is 0 Å². The van der Waals surface area contributed by atoms with Crippen LogP contribution in [0.4, 0.5) is 0 Å². The van der Waals surface area contributed by atoms with Gasteiger partial charge in [-0.25, -0.2) is 0 Å². The van der Waals surface area contributed by atoms with Crippen molar-refractivity contribution in [2.75, 3.05) is 0 Å². The monoisotopic (exact) mass is 184 g/mol. The molecule has 0 spiro atoms. The molecule has 0 saturated carbocycles. The summed E-state index contributed by atoms with van der Waals surface area (Å²) in [6, 6.07) is 15.9. The van der Waals surface area contributed by atoms with Crippen molar-refractivity contribution in [1.82, 2.24) is 0 Å². The van der Waals surface area contributed by atoms with Crippen molar-refractivity contribution in [3.05, 3.63) is 59.7 Å². The molecule has 0 aromatic heterocycles. The van der Waals surface area contributed by atoms with E-state index in [0.29, 0.717) is 0 Å². The molecule has 0 bridgehead atoms. The molecule has 0 nitrogen and oxygen atoms in total. The van der Waals surface area contributed by atoms with Gasteiger partial charge in [-0.2, -0.15) is 0 Å². The van der Waals surface area contributed by atoms with Crippen LogP contribution in [0.25, 0.3) is 11.1 Å². The molecule has 0 unspecified atom stereocenters. The Labute approximate surface area is 88.0 Å². The highest BCUT2D eigenvalue weighted by Crippen LogP contribution is 2.25.